The van der Waals surface area contributed by atoms with Crippen LogP contribution in [0, 0.1) is 0 Å². The average molecular weight is 197 g/mol. The van der Waals surface area contributed by atoms with Crippen LogP contribution in [0.2, 0.25) is 0 Å². The van der Waals surface area contributed by atoms with Crippen LogP contribution in [0.3, 0.4) is 0 Å². The Labute approximate surface area is 80.8 Å². The van der Waals surface area contributed by atoms with E-state index in [1.165, 1.54) is 11.8 Å². The molecular weight excluding hydrogens is 186 g/mol. The molecule has 5 heteroatoms. The second kappa shape index (κ2) is 4.04. The number of thioether (sulfide) groups is 1. The quantitative estimate of drug-likeness (QED) is 0.648. The van der Waals surface area contributed by atoms with E-state index in [9.17, 15) is 5.11 Å². The van der Waals surface area contributed by atoms with E-state index in [0.717, 1.165) is 11.7 Å². The Bertz CT molecular complexity index is 269. The first-order chi connectivity index (χ1) is 6.36. The number of aliphatic hydroxyl groups is 1. The zero-order chi connectivity index (χ0) is 9.10. The van der Waals surface area contributed by atoms with Crippen molar-refractivity contribution < 1.29 is 5.11 Å². The summed E-state index contributed by atoms with van der Waals surface area (Å²) >= 11 is 1.52. The fourth-order valence-corrected chi connectivity index (χ4v) is 2.21. The lowest BCUT2D eigenvalue weighted by Gasteiger charge is -2.10. The van der Waals surface area contributed by atoms with Gasteiger partial charge in [-0.3, -0.25) is 0 Å². The summed E-state index contributed by atoms with van der Waals surface area (Å²) in [5.74, 6) is 0. The van der Waals surface area contributed by atoms with Crippen LogP contribution >= 0.6 is 11.8 Å². The fourth-order valence-electron chi connectivity index (χ4n) is 1.24. The number of aliphatic hydroxyl groups excluding tert-OH is 1. The molecule has 1 aliphatic heterocycles. The molecule has 1 aromatic rings. The first-order valence-electron chi connectivity index (χ1n) is 4.19. The summed E-state index contributed by atoms with van der Waals surface area (Å²) in [6.45, 7) is 1.49. The Kier molecular flexibility index (Phi) is 2.77. The summed E-state index contributed by atoms with van der Waals surface area (Å²) in [7, 11) is 0. The number of rotatable bonds is 2. The lowest BCUT2D eigenvalue weighted by atomic mass is 10.3. The Morgan fingerprint density at radius 3 is 2.77 bits per heavy atom. The van der Waals surface area contributed by atoms with E-state index in [-0.39, 0.29) is 11.4 Å². The zero-order valence-corrected chi connectivity index (χ0v) is 7.87. The molecule has 13 heavy (non-hydrogen) atoms. The van der Waals surface area contributed by atoms with Crippen molar-refractivity contribution in [3.05, 3.63) is 18.5 Å². The highest BCUT2D eigenvalue weighted by atomic mass is 32.2. The molecule has 0 aliphatic carbocycles. The van der Waals surface area contributed by atoms with E-state index < -0.39 is 0 Å². The van der Waals surface area contributed by atoms with Crippen LogP contribution < -0.4 is 5.32 Å². The van der Waals surface area contributed by atoms with Gasteiger partial charge in [0, 0.05) is 25.5 Å². The van der Waals surface area contributed by atoms with Gasteiger partial charge in [-0.15, -0.1) is 0 Å². The molecule has 1 saturated heterocycles. The summed E-state index contributed by atoms with van der Waals surface area (Å²) in [4.78, 5) is 8.18. The molecule has 2 atom stereocenters. The summed E-state index contributed by atoms with van der Waals surface area (Å²) in [5, 5.41) is 13.5. The molecule has 0 saturated carbocycles. The van der Waals surface area contributed by atoms with Crippen LogP contribution in [0.4, 0.5) is 0 Å². The molecule has 1 fully saturated rings. The molecule has 4 nitrogen and oxygen atoms in total. The smallest absolute Gasteiger partial charge is 0.187 e. The molecular formula is C8H11N3OS. The van der Waals surface area contributed by atoms with Gasteiger partial charge in [0.25, 0.3) is 0 Å². The van der Waals surface area contributed by atoms with Crippen LogP contribution in [0.5, 0.6) is 0 Å². The highest BCUT2D eigenvalue weighted by molar-refractivity contribution is 7.99. The van der Waals surface area contributed by atoms with Crippen LogP contribution in [0.25, 0.3) is 0 Å². The van der Waals surface area contributed by atoms with Crippen molar-refractivity contribution >= 4 is 11.8 Å². The number of hydrogen-bond acceptors (Lipinski definition) is 5. The van der Waals surface area contributed by atoms with Crippen molar-refractivity contribution in [2.75, 3.05) is 13.1 Å². The van der Waals surface area contributed by atoms with Crippen LogP contribution in [-0.2, 0) is 0 Å². The van der Waals surface area contributed by atoms with E-state index in [1.54, 1.807) is 18.5 Å². The standard InChI is InChI=1S/C8H11N3OS/c12-6-4-9-5-7(6)13-8-10-2-1-3-11-8/h1-3,6-7,9,12H,4-5H2. The van der Waals surface area contributed by atoms with E-state index in [4.69, 9.17) is 0 Å². The van der Waals surface area contributed by atoms with Gasteiger partial charge in [-0.25, -0.2) is 9.97 Å². The highest BCUT2D eigenvalue weighted by Crippen LogP contribution is 2.23. The molecule has 2 unspecified atom stereocenters. The normalized spacial score (nSPS) is 27.8. The SMILES string of the molecule is OC1CNCC1Sc1ncccn1. The molecule has 0 radical (unpaired) electrons. The maximum atomic E-state index is 9.51. The van der Waals surface area contributed by atoms with E-state index in [2.05, 4.69) is 15.3 Å². The van der Waals surface area contributed by atoms with Crippen molar-refractivity contribution in [3.8, 4) is 0 Å². The Balaban J connectivity index is 1.98. The van der Waals surface area contributed by atoms with Gasteiger partial charge in [-0.05, 0) is 6.07 Å². The summed E-state index contributed by atoms with van der Waals surface area (Å²) in [6.07, 6.45) is 3.14. The van der Waals surface area contributed by atoms with Gasteiger partial charge in [0.1, 0.15) is 0 Å². The van der Waals surface area contributed by atoms with Gasteiger partial charge >= 0.3 is 0 Å². The van der Waals surface area contributed by atoms with Crippen LogP contribution in [0.1, 0.15) is 0 Å². The van der Waals surface area contributed by atoms with Gasteiger partial charge < -0.3 is 10.4 Å². The van der Waals surface area contributed by atoms with Crippen molar-refractivity contribution in [3.63, 3.8) is 0 Å². The Morgan fingerprint density at radius 2 is 2.15 bits per heavy atom. The third kappa shape index (κ3) is 2.18. The predicted molar refractivity (Wildman–Crippen MR) is 50.6 cm³/mol. The van der Waals surface area contributed by atoms with Crippen LogP contribution in [0.15, 0.2) is 23.6 Å². The first kappa shape index (κ1) is 8.93. The maximum Gasteiger partial charge on any atom is 0.187 e. The summed E-state index contributed by atoms with van der Waals surface area (Å²) in [5.41, 5.74) is 0. The number of hydrogen-bond donors (Lipinski definition) is 2. The van der Waals surface area contributed by atoms with E-state index in [0.29, 0.717) is 6.54 Å². The molecule has 1 aromatic heterocycles. The number of aromatic nitrogens is 2. The minimum absolute atomic E-state index is 0.183. The molecule has 0 spiro atoms. The average Bonchev–Trinajstić information content (AvgIpc) is 2.54. The number of nitrogens with zero attached hydrogens (tertiary/aromatic N) is 2. The minimum Gasteiger partial charge on any atom is -0.391 e. The second-order valence-electron chi connectivity index (χ2n) is 2.91. The molecule has 1 aliphatic rings. The monoisotopic (exact) mass is 197 g/mol. The summed E-state index contributed by atoms with van der Waals surface area (Å²) in [6, 6.07) is 1.79. The number of nitrogens with one attached hydrogen (secondary N) is 1. The molecule has 0 amide bonds. The van der Waals surface area contributed by atoms with Gasteiger partial charge in [0.2, 0.25) is 0 Å². The topological polar surface area (TPSA) is 58.0 Å². The highest BCUT2D eigenvalue weighted by Gasteiger charge is 2.26. The Hall–Kier alpha value is -0.650. The summed E-state index contributed by atoms with van der Waals surface area (Å²) < 4.78 is 0. The molecule has 70 valence electrons. The third-order valence-corrected chi connectivity index (χ3v) is 3.13. The molecule has 0 aromatic carbocycles. The maximum absolute atomic E-state index is 9.51. The lowest BCUT2D eigenvalue weighted by molar-refractivity contribution is 0.201. The van der Waals surface area contributed by atoms with E-state index >= 15 is 0 Å². The second-order valence-corrected chi connectivity index (χ2v) is 4.12. The third-order valence-electron chi connectivity index (χ3n) is 1.93. The Morgan fingerprint density at radius 1 is 1.38 bits per heavy atom. The van der Waals surface area contributed by atoms with Gasteiger partial charge in [0.05, 0.1) is 11.4 Å². The van der Waals surface area contributed by atoms with Crippen molar-refractivity contribution in [1.82, 2.24) is 15.3 Å². The van der Waals surface area contributed by atoms with E-state index in [1.807, 2.05) is 0 Å². The van der Waals surface area contributed by atoms with Crippen molar-refractivity contribution in [2.45, 2.75) is 16.5 Å². The van der Waals surface area contributed by atoms with Gasteiger partial charge in [-0.2, -0.15) is 0 Å². The van der Waals surface area contributed by atoms with Crippen molar-refractivity contribution in [2.24, 2.45) is 0 Å². The minimum atomic E-state index is -0.284. The van der Waals surface area contributed by atoms with Gasteiger partial charge in [-0.1, -0.05) is 11.8 Å². The van der Waals surface area contributed by atoms with Crippen molar-refractivity contribution in [1.29, 1.82) is 0 Å². The molecule has 0 bridgehead atoms. The largest absolute Gasteiger partial charge is 0.391 e. The van der Waals surface area contributed by atoms with Crippen LogP contribution in [-0.4, -0.2) is 39.5 Å². The van der Waals surface area contributed by atoms with Gasteiger partial charge in [0.15, 0.2) is 5.16 Å². The molecule has 2 rings (SSSR count). The number of β-amino-alcohol motifs (C(OH)–C–C–N with tert-alkyl or cyclic N) is 1. The first-order valence-corrected chi connectivity index (χ1v) is 5.06. The zero-order valence-electron chi connectivity index (χ0n) is 7.05. The fraction of sp³-hybridized carbons (Fsp3) is 0.500. The molecule has 2 heterocycles. The molecule has 2 N–H and O–H groups in total. The lowest BCUT2D eigenvalue weighted by Crippen LogP contribution is -2.20. The predicted octanol–water partition coefficient (Wildman–Crippen LogP) is -0.0986.